The van der Waals surface area contributed by atoms with E-state index in [4.69, 9.17) is 11.6 Å². The Morgan fingerprint density at radius 3 is 2.31 bits per heavy atom. The van der Waals surface area contributed by atoms with Gasteiger partial charge in [0.1, 0.15) is 18.1 Å². The van der Waals surface area contributed by atoms with Gasteiger partial charge in [-0.25, -0.2) is 4.39 Å². The molecule has 0 bridgehead atoms. The highest BCUT2D eigenvalue weighted by Crippen LogP contribution is 2.46. The largest absolute Gasteiger partial charge is 0.372 e. The number of piperazine rings is 1. The van der Waals surface area contributed by atoms with Gasteiger partial charge >= 0.3 is 0 Å². The van der Waals surface area contributed by atoms with E-state index in [0.717, 1.165) is 93.8 Å². The first-order valence-corrected chi connectivity index (χ1v) is 21.8. The first kappa shape index (κ1) is 41.0. The quantitative estimate of drug-likeness (QED) is 0.330. The van der Waals surface area contributed by atoms with Crippen LogP contribution in [-0.2, 0) is 4.79 Å². The van der Waals surface area contributed by atoms with Crippen LogP contribution in [0.4, 0.5) is 21.6 Å². The van der Waals surface area contributed by atoms with Gasteiger partial charge in [0, 0.05) is 83.6 Å². The van der Waals surface area contributed by atoms with Crippen LogP contribution in [0, 0.1) is 28.5 Å². The second-order valence-electron chi connectivity index (χ2n) is 17.7. The number of benzene rings is 2. The number of fused-ring (bicyclic) bond motifs is 1. The molecule has 9 rings (SSSR count). The Kier molecular flexibility index (Phi) is 11.1. The number of carbonyl (C=O) groups is 4. The third-order valence-corrected chi connectivity index (χ3v) is 14.3. The first-order valence-electron chi connectivity index (χ1n) is 21.4. The normalized spacial score (nSPS) is 24.7. The van der Waals surface area contributed by atoms with Gasteiger partial charge in [-0.15, -0.1) is 10.2 Å². The molecule has 1 spiro atoms. The smallest absolute Gasteiger partial charge is 0.274 e. The lowest BCUT2D eigenvalue weighted by atomic mass is 9.77. The minimum atomic E-state index is -1.37. The molecule has 2 N–H and O–H groups in total. The predicted octanol–water partition coefficient (Wildman–Crippen LogP) is 3.89. The molecule has 0 radical (unpaired) electrons. The summed E-state index contributed by atoms with van der Waals surface area (Å²) in [5.74, 6) is -1.13. The van der Waals surface area contributed by atoms with Crippen LogP contribution in [0.15, 0.2) is 42.5 Å². The van der Waals surface area contributed by atoms with Gasteiger partial charge in [-0.2, -0.15) is 5.26 Å². The van der Waals surface area contributed by atoms with Crippen LogP contribution in [0.3, 0.4) is 0 Å². The highest BCUT2D eigenvalue weighted by molar-refractivity contribution is 6.32. The fourth-order valence-corrected chi connectivity index (χ4v) is 10.7. The van der Waals surface area contributed by atoms with E-state index in [1.54, 1.807) is 12.1 Å². The maximum atomic E-state index is 15.5. The minimum absolute atomic E-state index is 0.0289. The molecule has 4 amide bonds. The molecule has 6 aliphatic heterocycles. The number of nitrogens with one attached hydrogen (secondary N) is 1. The summed E-state index contributed by atoms with van der Waals surface area (Å²) in [4.78, 5) is 63.5. The van der Waals surface area contributed by atoms with E-state index in [1.807, 2.05) is 28.0 Å². The summed E-state index contributed by atoms with van der Waals surface area (Å²) in [7, 11) is 0. The Morgan fingerprint density at radius 2 is 1.66 bits per heavy atom. The Bertz CT molecular complexity index is 2270. The van der Waals surface area contributed by atoms with Gasteiger partial charge < -0.3 is 30.0 Å². The molecule has 0 aliphatic carbocycles. The molecule has 3 atom stereocenters. The fourth-order valence-electron chi connectivity index (χ4n) is 10.5. The number of aromatic nitrogens is 2. The number of nitriles is 1. The van der Waals surface area contributed by atoms with Crippen molar-refractivity contribution in [2.75, 3.05) is 80.1 Å². The molecule has 3 aromatic rings. The van der Waals surface area contributed by atoms with Gasteiger partial charge in [-0.3, -0.25) is 29.0 Å². The van der Waals surface area contributed by atoms with E-state index in [-0.39, 0.29) is 46.9 Å². The van der Waals surface area contributed by atoms with Crippen LogP contribution < -0.4 is 20.0 Å². The van der Waals surface area contributed by atoms with Crippen LogP contribution in [0.25, 0.3) is 0 Å². The average Bonchev–Trinajstić information content (AvgIpc) is 3.71. The number of anilines is 3. The van der Waals surface area contributed by atoms with Crippen molar-refractivity contribution in [2.45, 2.75) is 70.2 Å². The zero-order chi connectivity index (χ0) is 42.6. The number of nitrogens with zero attached hydrogens (tertiary/aromatic N) is 9. The van der Waals surface area contributed by atoms with Crippen LogP contribution >= 0.6 is 11.6 Å². The van der Waals surface area contributed by atoms with E-state index >= 15 is 4.39 Å². The van der Waals surface area contributed by atoms with Crippen LogP contribution in [0.1, 0.15) is 88.6 Å². The highest BCUT2D eigenvalue weighted by Gasteiger charge is 2.46. The molecule has 61 heavy (non-hydrogen) atoms. The summed E-state index contributed by atoms with van der Waals surface area (Å²) < 4.78 is 15.5. The predicted molar refractivity (Wildman–Crippen MR) is 225 cm³/mol. The van der Waals surface area contributed by atoms with E-state index in [0.29, 0.717) is 54.4 Å². The third-order valence-electron chi connectivity index (χ3n) is 14.0. The SMILES string of the molecule is C[C@H]1CC2(CCN(c3ccc(C(=O)N4CCN(CC5CCN(c6cc7c(cc6F)C(=O)N(C6CCC(=O)NC6O)C7=O)CC5)CC4)nn3)CC2)CN1c1ccc(C#N)c(Cl)c1. The van der Waals surface area contributed by atoms with Crippen LogP contribution in [0.5, 0.6) is 0 Å². The molecule has 5 saturated heterocycles. The van der Waals surface area contributed by atoms with E-state index < -0.39 is 29.9 Å². The molecule has 6 aliphatic rings. The molecule has 320 valence electrons. The molecule has 5 fully saturated rings. The van der Waals surface area contributed by atoms with E-state index in [1.165, 1.54) is 6.07 Å². The lowest BCUT2D eigenvalue weighted by Crippen LogP contribution is -2.57. The maximum absolute atomic E-state index is 15.5. The van der Waals surface area contributed by atoms with Crippen molar-refractivity contribution in [1.82, 2.24) is 30.2 Å². The lowest BCUT2D eigenvalue weighted by molar-refractivity contribution is -0.129. The van der Waals surface area contributed by atoms with Gasteiger partial charge in [0.2, 0.25) is 5.91 Å². The van der Waals surface area contributed by atoms with Crippen molar-refractivity contribution in [3.05, 3.63) is 75.7 Å². The first-order chi connectivity index (χ1) is 29.4. The summed E-state index contributed by atoms with van der Waals surface area (Å²) in [6.45, 7) is 9.65. The van der Waals surface area contributed by atoms with Gasteiger partial charge in [-0.05, 0) is 99.2 Å². The molecule has 0 saturated carbocycles. The molecule has 2 aromatic carbocycles. The van der Waals surface area contributed by atoms with Crippen molar-refractivity contribution in [3.63, 3.8) is 0 Å². The van der Waals surface area contributed by atoms with Gasteiger partial charge in [0.05, 0.1) is 33.4 Å². The van der Waals surface area contributed by atoms with Gasteiger partial charge in [0.25, 0.3) is 17.7 Å². The zero-order valence-corrected chi connectivity index (χ0v) is 35.0. The number of aliphatic hydroxyl groups excluding tert-OH is 1. The average molecular weight is 853 g/mol. The number of rotatable bonds is 7. The maximum Gasteiger partial charge on any atom is 0.274 e. The zero-order valence-electron chi connectivity index (χ0n) is 34.2. The Labute approximate surface area is 359 Å². The number of hydrogen-bond acceptors (Lipinski definition) is 12. The molecule has 15 nitrogen and oxygen atoms in total. The van der Waals surface area contributed by atoms with E-state index in [2.05, 4.69) is 43.2 Å². The van der Waals surface area contributed by atoms with Crippen molar-refractivity contribution in [3.8, 4) is 6.07 Å². The van der Waals surface area contributed by atoms with Gasteiger partial charge in [0.15, 0.2) is 11.5 Å². The molecule has 2 unspecified atom stereocenters. The van der Waals surface area contributed by atoms with Crippen molar-refractivity contribution in [1.29, 1.82) is 5.26 Å². The monoisotopic (exact) mass is 852 g/mol. The van der Waals surface area contributed by atoms with Crippen molar-refractivity contribution in [2.24, 2.45) is 11.3 Å². The van der Waals surface area contributed by atoms with Gasteiger partial charge in [-0.1, -0.05) is 11.6 Å². The van der Waals surface area contributed by atoms with Crippen LogP contribution in [-0.4, -0.2) is 137 Å². The number of piperidine rings is 3. The number of imide groups is 1. The highest BCUT2D eigenvalue weighted by atomic mass is 35.5. The molecule has 17 heteroatoms. The van der Waals surface area contributed by atoms with Crippen molar-refractivity contribution < 1.29 is 28.7 Å². The Balaban J connectivity index is 0.725. The summed E-state index contributed by atoms with van der Waals surface area (Å²) in [6.07, 6.45) is 3.64. The second-order valence-corrected chi connectivity index (χ2v) is 18.1. The molecule has 7 heterocycles. The summed E-state index contributed by atoms with van der Waals surface area (Å²) in [5.41, 5.74) is 2.45. The number of hydrogen-bond donors (Lipinski definition) is 2. The number of halogens is 2. The third kappa shape index (κ3) is 7.87. The summed E-state index contributed by atoms with van der Waals surface area (Å²) in [6, 6.07) is 13.6. The summed E-state index contributed by atoms with van der Waals surface area (Å²) >= 11 is 6.37. The van der Waals surface area contributed by atoms with Crippen molar-refractivity contribution >= 4 is 52.4 Å². The molecular weight excluding hydrogens is 803 g/mol. The molecular formula is C44H50ClFN10O5. The second kappa shape index (κ2) is 16.5. The lowest BCUT2D eigenvalue weighted by Gasteiger charge is -2.40. The number of aliphatic hydroxyl groups is 1. The van der Waals surface area contributed by atoms with Crippen LogP contribution in [0.2, 0.25) is 5.02 Å². The number of carbonyl (C=O) groups excluding carboxylic acids is 4. The standard InChI is InChI=1S/C44H50ClFN10O5/c1-27-23-44(26-55(27)30-3-2-29(24-47)33(45)20-30)10-14-53(15-11-44)38-6-4-35(49-50-38)43(61)54-18-16-51(17-19-54)25-28-8-12-52(13-9-28)37-22-32-31(21-34(37)46)41(59)56(42(32)60)36-5-7-39(57)48-40(36)58/h2-4,6,20-22,27-28,36,40,58H,5,7-19,23,25-26H2,1H3,(H,48,57)/t27-,36?,40?/m0/s1. The summed E-state index contributed by atoms with van der Waals surface area (Å²) in [5, 5.41) is 31.4. The topological polar surface area (TPSA) is 170 Å². The Hall–Kier alpha value is -5.37. The molecule has 1 aromatic heterocycles. The number of amides is 4. The van der Waals surface area contributed by atoms with E-state index in [9.17, 15) is 29.5 Å². The fraction of sp³-hybridized carbons (Fsp3) is 0.523. The minimum Gasteiger partial charge on any atom is -0.372 e. The Morgan fingerprint density at radius 1 is 0.934 bits per heavy atom.